The van der Waals surface area contributed by atoms with Crippen LogP contribution < -0.4 is 0 Å². The summed E-state index contributed by atoms with van der Waals surface area (Å²) in [5.74, 6) is 0. The second-order valence-electron chi connectivity index (χ2n) is 5.75. The quantitative estimate of drug-likeness (QED) is 0.303. The Bertz CT molecular complexity index is 1060. The van der Waals surface area contributed by atoms with Crippen molar-refractivity contribution in [1.29, 1.82) is 5.26 Å². The summed E-state index contributed by atoms with van der Waals surface area (Å²) in [5, 5.41) is 15.9. The van der Waals surface area contributed by atoms with Crippen molar-refractivity contribution in [2.75, 3.05) is 0 Å². The predicted molar refractivity (Wildman–Crippen MR) is 90.6 cm³/mol. The van der Waals surface area contributed by atoms with Crippen molar-refractivity contribution < 1.29 is 0 Å². The van der Waals surface area contributed by atoms with E-state index < -0.39 is 0 Å². The van der Waals surface area contributed by atoms with Gasteiger partial charge in [-0.05, 0) is 52.4 Å². The lowest BCUT2D eigenvalue weighted by Gasteiger charge is -2.16. The Morgan fingerprint density at radius 1 is 0.864 bits per heavy atom. The molecule has 0 fully saturated rings. The van der Waals surface area contributed by atoms with Crippen molar-refractivity contribution in [3.05, 3.63) is 64.5 Å². The molecular formula is C20H12N2. The minimum atomic E-state index is 0.680. The molecular weight excluding hydrogens is 268 g/mol. The fourth-order valence-electron chi connectivity index (χ4n) is 3.51. The number of hydrogen-bond donors (Lipinski definition) is 0. The second-order valence-corrected chi connectivity index (χ2v) is 5.75. The van der Waals surface area contributed by atoms with Crippen LogP contribution in [0.15, 0.2) is 36.4 Å². The Labute approximate surface area is 128 Å². The maximum absolute atomic E-state index is 9.45. The van der Waals surface area contributed by atoms with E-state index >= 15 is 0 Å². The lowest BCUT2D eigenvalue weighted by molar-refractivity contribution is 1.47. The first-order chi connectivity index (χ1) is 10.7. The van der Waals surface area contributed by atoms with Gasteiger partial charge in [-0.25, -0.2) is 4.85 Å². The number of benzene rings is 4. The average molecular weight is 280 g/mol. The minimum Gasteiger partial charge on any atom is -0.238 e. The number of nitrogens with zero attached hydrogens (tertiary/aromatic N) is 2. The largest absolute Gasteiger partial charge is 0.238 e. The van der Waals surface area contributed by atoms with Crippen molar-refractivity contribution in [3.8, 4) is 6.07 Å². The first-order valence-corrected chi connectivity index (χ1v) is 7.15. The van der Waals surface area contributed by atoms with Gasteiger partial charge < -0.3 is 0 Å². The van der Waals surface area contributed by atoms with Crippen LogP contribution in [0.1, 0.15) is 16.7 Å². The highest BCUT2D eigenvalue weighted by atomic mass is 14.6. The van der Waals surface area contributed by atoms with Crippen molar-refractivity contribution in [2.45, 2.75) is 13.8 Å². The van der Waals surface area contributed by atoms with Crippen molar-refractivity contribution in [1.82, 2.24) is 0 Å². The maximum Gasteiger partial charge on any atom is 0.195 e. The monoisotopic (exact) mass is 280 g/mol. The molecule has 0 saturated carbocycles. The van der Waals surface area contributed by atoms with Gasteiger partial charge in [0.05, 0.1) is 18.2 Å². The van der Waals surface area contributed by atoms with Gasteiger partial charge in [0.2, 0.25) is 0 Å². The highest BCUT2D eigenvalue weighted by Crippen LogP contribution is 2.42. The molecule has 0 atom stereocenters. The van der Waals surface area contributed by atoms with Gasteiger partial charge in [-0.15, -0.1) is 0 Å². The molecule has 2 heteroatoms. The molecule has 0 N–H and O–H groups in total. The van der Waals surface area contributed by atoms with E-state index in [0.29, 0.717) is 11.3 Å². The Balaban J connectivity index is 2.45. The van der Waals surface area contributed by atoms with Gasteiger partial charge in [-0.2, -0.15) is 5.26 Å². The molecule has 0 aliphatic rings. The second kappa shape index (κ2) is 4.20. The molecule has 0 saturated heterocycles. The van der Waals surface area contributed by atoms with Crippen LogP contribution in [0.25, 0.3) is 37.2 Å². The molecule has 2 nitrogen and oxygen atoms in total. The van der Waals surface area contributed by atoms with Gasteiger partial charge >= 0.3 is 0 Å². The molecule has 22 heavy (non-hydrogen) atoms. The smallest absolute Gasteiger partial charge is 0.195 e. The molecule has 0 aliphatic heterocycles. The first kappa shape index (κ1) is 12.6. The maximum atomic E-state index is 9.45. The van der Waals surface area contributed by atoms with E-state index in [4.69, 9.17) is 6.57 Å². The molecule has 0 radical (unpaired) electrons. The number of aryl methyl sites for hydroxylation is 2. The van der Waals surface area contributed by atoms with Gasteiger partial charge in [0.1, 0.15) is 0 Å². The van der Waals surface area contributed by atoms with Crippen molar-refractivity contribution in [2.24, 2.45) is 0 Å². The van der Waals surface area contributed by atoms with Gasteiger partial charge in [0.15, 0.2) is 5.69 Å². The van der Waals surface area contributed by atoms with E-state index in [1.807, 2.05) is 38.1 Å². The summed E-state index contributed by atoms with van der Waals surface area (Å²) in [6, 6.07) is 14.4. The standard InChI is InChI=1S/C20H12N2/c1-11-8-13(10-21)16-6-4-15-12(2)9-18(22-3)17-7-5-14(11)19(16)20(15)17/h4-9H,1-2H3. The van der Waals surface area contributed by atoms with E-state index in [1.54, 1.807) is 0 Å². The summed E-state index contributed by atoms with van der Waals surface area (Å²) in [7, 11) is 0. The van der Waals surface area contributed by atoms with Gasteiger partial charge in [0, 0.05) is 5.39 Å². The zero-order chi connectivity index (χ0) is 15.4. The van der Waals surface area contributed by atoms with Crippen LogP contribution >= 0.6 is 0 Å². The Kier molecular flexibility index (Phi) is 2.41. The van der Waals surface area contributed by atoms with Crippen LogP contribution in [0.2, 0.25) is 0 Å². The lowest BCUT2D eigenvalue weighted by atomic mass is 9.88. The third-order valence-corrected chi connectivity index (χ3v) is 4.53. The molecule has 4 rings (SSSR count). The topological polar surface area (TPSA) is 28.1 Å². The molecule has 0 amide bonds. The van der Waals surface area contributed by atoms with Crippen molar-refractivity contribution >= 4 is 38.0 Å². The van der Waals surface area contributed by atoms with Crippen LogP contribution in [-0.4, -0.2) is 0 Å². The zero-order valence-electron chi connectivity index (χ0n) is 12.4. The summed E-state index contributed by atoms with van der Waals surface area (Å²) in [6.07, 6.45) is 0. The highest BCUT2D eigenvalue weighted by molar-refractivity contribution is 6.27. The molecule has 0 unspecified atom stereocenters. The third kappa shape index (κ3) is 1.42. The highest BCUT2D eigenvalue weighted by Gasteiger charge is 2.15. The van der Waals surface area contributed by atoms with E-state index in [1.165, 1.54) is 0 Å². The molecule has 0 aromatic heterocycles. The summed E-state index contributed by atoms with van der Waals surface area (Å²) in [6.45, 7) is 11.5. The molecule has 4 aromatic carbocycles. The zero-order valence-corrected chi connectivity index (χ0v) is 12.4. The number of rotatable bonds is 0. The van der Waals surface area contributed by atoms with E-state index in [-0.39, 0.29) is 0 Å². The third-order valence-electron chi connectivity index (χ3n) is 4.53. The molecule has 4 aromatic rings. The SMILES string of the molecule is [C-]#[N+]c1cc(C)c2ccc3c(C#N)cc(C)c4ccc1c2c43. The Morgan fingerprint density at radius 2 is 1.41 bits per heavy atom. The first-order valence-electron chi connectivity index (χ1n) is 7.15. The molecule has 0 aliphatic carbocycles. The summed E-state index contributed by atoms with van der Waals surface area (Å²) in [4.78, 5) is 3.69. The number of hydrogen-bond acceptors (Lipinski definition) is 1. The summed E-state index contributed by atoms with van der Waals surface area (Å²) in [5.41, 5.74) is 3.59. The van der Waals surface area contributed by atoms with Crippen LogP contribution in [0, 0.1) is 31.8 Å². The normalized spacial score (nSPS) is 11.1. The van der Waals surface area contributed by atoms with Gasteiger partial charge in [0.25, 0.3) is 0 Å². The molecule has 0 bridgehead atoms. The van der Waals surface area contributed by atoms with E-state index in [2.05, 4.69) is 23.0 Å². The average Bonchev–Trinajstić information content (AvgIpc) is 2.55. The Hall–Kier alpha value is -3.10. The predicted octanol–water partition coefficient (Wildman–Crippen LogP) is 5.62. The van der Waals surface area contributed by atoms with Crippen LogP contribution in [0.4, 0.5) is 5.69 Å². The van der Waals surface area contributed by atoms with Gasteiger partial charge in [-0.3, -0.25) is 0 Å². The fraction of sp³-hybridized carbons (Fsp3) is 0.100. The lowest BCUT2D eigenvalue weighted by Crippen LogP contribution is -1.91. The molecule has 102 valence electrons. The Morgan fingerprint density at radius 3 is 2.05 bits per heavy atom. The molecule has 0 spiro atoms. The summed E-state index contributed by atoms with van der Waals surface area (Å²) >= 11 is 0. The van der Waals surface area contributed by atoms with Crippen LogP contribution in [0.3, 0.4) is 0 Å². The minimum absolute atomic E-state index is 0.680. The summed E-state index contributed by atoms with van der Waals surface area (Å²) < 4.78 is 0. The number of nitriles is 1. The van der Waals surface area contributed by atoms with Crippen LogP contribution in [-0.2, 0) is 0 Å². The molecule has 0 heterocycles. The van der Waals surface area contributed by atoms with Gasteiger partial charge in [-0.1, -0.05) is 35.9 Å². The van der Waals surface area contributed by atoms with Crippen molar-refractivity contribution in [3.63, 3.8) is 0 Å². The van der Waals surface area contributed by atoms with Crippen LogP contribution in [0.5, 0.6) is 0 Å². The fourth-order valence-corrected chi connectivity index (χ4v) is 3.51. The van der Waals surface area contributed by atoms with E-state index in [9.17, 15) is 5.26 Å². The van der Waals surface area contributed by atoms with E-state index in [0.717, 1.165) is 43.4 Å².